The molecular weight excluding hydrogens is 266 g/mol. The van der Waals surface area contributed by atoms with E-state index in [0.717, 1.165) is 11.4 Å². The fourth-order valence-electron chi connectivity index (χ4n) is 2.40. The smallest absolute Gasteiger partial charge is 0.0406 e. The second kappa shape index (κ2) is 6.92. The van der Waals surface area contributed by atoms with E-state index in [-0.39, 0.29) is 0 Å². The molecule has 0 fully saturated rings. The van der Waals surface area contributed by atoms with Gasteiger partial charge in [0, 0.05) is 17.1 Å². The largest absolute Gasteiger partial charge is 0.303 e. The molecule has 0 saturated heterocycles. The van der Waals surface area contributed by atoms with Gasteiger partial charge in [-0.1, -0.05) is 60.5 Å². The summed E-state index contributed by atoms with van der Waals surface area (Å²) in [7, 11) is 0. The number of rotatable bonds is 5. The summed E-state index contributed by atoms with van der Waals surface area (Å²) < 4.78 is 0. The Bertz CT molecular complexity index is 530. The summed E-state index contributed by atoms with van der Waals surface area (Å²) in [5.41, 5.74) is 3.91. The maximum atomic E-state index is 5.94. The molecule has 0 amide bonds. The molecule has 2 atom stereocenters. The van der Waals surface area contributed by atoms with Crippen LogP contribution in [0.15, 0.2) is 48.5 Å². The first-order chi connectivity index (χ1) is 9.60. The van der Waals surface area contributed by atoms with E-state index in [1.165, 1.54) is 16.7 Å². The predicted molar refractivity (Wildman–Crippen MR) is 87.2 cm³/mol. The Labute approximate surface area is 127 Å². The maximum absolute atomic E-state index is 5.94. The highest BCUT2D eigenvalue weighted by Crippen LogP contribution is 2.23. The molecule has 20 heavy (non-hydrogen) atoms. The van der Waals surface area contributed by atoms with Crippen LogP contribution in [0, 0.1) is 6.92 Å². The molecule has 1 N–H and O–H groups in total. The Morgan fingerprint density at radius 2 is 1.50 bits per heavy atom. The lowest BCUT2D eigenvalue weighted by Crippen LogP contribution is -2.24. The highest BCUT2D eigenvalue weighted by Gasteiger charge is 2.13. The van der Waals surface area contributed by atoms with Gasteiger partial charge in [-0.2, -0.15) is 0 Å². The van der Waals surface area contributed by atoms with E-state index in [4.69, 9.17) is 11.6 Å². The Balaban J connectivity index is 2.09. The highest BCUT2D eigenvalue weighted by atomic mass is 35.5. The van der Waals surface area contributed by atoms with E-state index in [9.17, 15) is 0 Å². The van der Waals surface area contributed by atoms with Crippen LogP contribution in [0.5, 0.6) is 0 Å². The standard InChI is InChI=1S/C18H22ClN/c1-4-18(16-7-5-13(2)6-8-16)20-14(3)15-9-11-17(19)12-10-15/h5-12,14,18,20H,4H2,1-3H3. The van der Waals surface area contributed by atoms with Crippen LogP contribution >= 0.6 is 11.6 Å². The Kier molecular flexibility index (Phi) is 5.22. The molecule has 0 aliphatic rings. The number of benzene rings is 2. The van der Waals surface area contributed by atoms with Gasteiger partial charge in [0.15, 0.2) is 0 Å². The van der Waals surface area contributed by atoms with Crippen molar-refractivity contribution in [3.05, 3.63) is 70.2 Å². The van der Waals surface area contributed by atoms with Gasteiger partial charge in [0.1, 0.15) is 0 Å². The van der Waals surface area contributed by atoms with Crippen LogP contribution < -0.4 is 5.32 Å². The van der Waals surface area contributed by atoms with Crippen LogP contribution in [-0.4, -0.2) is 0 Å². The SMILES string of the molecule is CCC(NC(C)c1ccc(Cl)cc1)c1ccc(C)cc1. The summed E-state index contributed by atoms with van der Waals surface area (Å²) in [6, 6.07) is 17.5. The molecule has 2 unspecified atom stereocenters. The monoisotopic (exact) mass is 287 g/mol. The Hall–Kier alpha value is -1.31. The Morgan fingerprint density at radius 1 is 0.950 bits per heavy atom. The van der Waals surface area contributed by atoms with Crippen LogP contribution in [0.4, 0.5) is 0 Å². The van der Waals surface area contributed by atoms with E-state index in [2.05, 4.69) is 62.5 Å². The second-order valence-corrected chi connectivity index (χ2v) is 5.75. The number of nitrogens with one attached hydrogen (secondary N) is 1. The first-order valence-corrected chi connectivity index (χ1v) is 7.56. The minimum absolute atomic E-state index is 0.304. The van der Waals surface area contributed by atoms with Crippen LogP contribution in [0.3, 0.4) is 0 Å². The first-order valence-electron chi connectivity index (χ1n) is 7.18. The molecule has 0 bridgehead atoms. The maximum Gasteiger partial charge on any atom is 0.0406 e. The van der Waals surface area contributed by atoms with Gasteiger partial charge >= 0.3 is 0 Å². The lowest BCUT2D eigenvalue weighted by Gasteiger charge is -2.23. The summed E-state index contributed by atoms with van der Waals surface area (Å²) in [5, 5.41) is 4.48. The van der Waals surface area contributed by atoms with Crippen molar-refractivity contribution in [2.24, 2.45) is 0 Å². The summed E-state index contributed by atoms with van der Waals surface area (Å²) in [6.45, 7) is 6.53. The van der Waals surface area contributed by atoms with Crippen molar-refractivity contribution in [3.8, 4) is 0 Å². The van der Waals surface area contributed by atoms with Crippen LogP contribution in [0.1, 0.15) is 49.0 Å². The minimum atomic E-state index is 0.304. The highest BCUT2D eigenvalue weighted by molar-refractivity contribution is 6.30. The fraction of sp³-hybridized carbons (Fsp3) is 0.333. The summed E-state index contributed by atoms with van der Waals surface area (Å²) in [5.74, 6) is 0. The van der Waals surface area contributed by atoms with Crippen molar-refractivity contribution in [2.45, 2.75) is 39.3 Å². The molecule has 2 aromatic rings. The van der Waals surface area contributed by atoms with Crippen molar-refractivity contribution in [2.75, 3.05) is 0 Å². The second-order valence-electron chi connectivity index (χ2n) is 5.31. The molecule has 0 aliphatic carbocycles. The third-order valence-electron chi connectivity index (χ3n) is 3.71. The molecule has 2 aromatic carbocycles. The predicted octanol–water partition coefficient (Wildman–Crippen LogP) is 5.45. The minimum Gasteiger partial charge on any atom is -0.303 e. The molecule has 1 nitrogen and oxygen atoms in total. The molecule has 0 heterocycles. The van der Waals surface area contributed by atoms with Crippen molar-refractivity contribution in [3.63, 3.8) is 0 Å². The topological polar surface area (TPSA) is 12.0 Å². The van der Waals surface area contributed by atoms with E-state index >= 15 is 0 Å². The van der Waals surface area contributed by atoms with Crippen molar-refractivity contribution in [1.82, 2.24) is 5.32 Å². The van der Waals surface area contributed by atoms with Gasteiger partial charge < -0.3 is 5.32 Å². The lowest BCUT2D eigenvalue weighted by atomic mass is 10.0. The third kappa shape index (κ3) is 3.84. The zero-order valence-corrected chi connectivity index (χ0v) is 13.1. The number of halogens is 1. The molecule has 2 heteroatoms. The third-order valence-corrected chi connectivity index (χ3v) is 3.96. The molecule has 0 aliphatic heterocycles. The van der Waals surface area contributed by atoms with Crippen LogP contribution in [0.2, 0.25) is 5.02 Å². The number of hydrogen-bond donors (Lipinski definition) is 1. The first kappa shape index (κ1) is 15.1. The molecule has 0 saturated carbocycles. The summed E-state index contributed by atoms with van der Waals surface area (Å²) in [4.78, 5) is 0. The zero-order chi connectivity index (χ0) is 14.5. The molecule has 0 radical (unpaired) electrons. The van der Waals surface area contributed by atoms with Crippen LogP contribution in [-0.2, 0) is 0 Å². The lowest BCUT2D eigenvalue weighted by molar-refractivity contribution is 0.456. The van der Waals surface area contributed by atoms with E-state index < -0.39 is 0 Å². The van der Waals surface area contributed by atoms with Crippen molar-refractivity contribution < 1.29 is 0 Å². The Morgan fingerprint density at radius 3 is 2.05 bits per heavy atom. The van der Waals surface area contributed by atoms with E-state index in [1.807, 2.05) is 12.1 Å². The molecular formula is C18H22ClN. The van der Waals surface area contributed by atoms with Gasteiger partial charge in [0.05, 0.1) is 0 Å². The quantitative estimate of drug-likeness (QED) is 0.771. The van der Waals surface area contributed by atoms with E-state index in [1.54, 1.807) is 0 Å². The van der Waals surface area contributed by atoms with Gasteiger partial charge in [-0.15, -0.1) is 0 Å². The van der Waals surface area contributed by atoms with Crippen molar-refractivity contribution >= 4 is 11.6 Å². The number of hydrogen-bond acceptors (Lipinski definition) is 1. The molecule has 106 valence electrons. The fourth-order valence-corrected chi connectivity index (χ4v) is 2.52. The zero-order valence-electron chi connectivity index (χ0n) is 12.4. The normalized spacial score (nSPS) is 14.0. The van der Waals surface area contributed by atoms with Gasteiger partial charge in [0.25, 0.3) is 0 Å². The van der Waals surface area contributed by atoms with Gasteiger partial charge in [-0.05, 0) is 43.5 Å². The van der Waals surface area contributed by atoms with E-state index in [0.29, 0.717) is 12.1 Å². The van der Waals surface area contributed by atoms with Gasteiger partial charge in [-0.3, -0.25) is 0 Å². The molecule has 0 aromatic heterocycles. The summed E-state index contributed by atoms with van der Waals surface area (Å²) in [6.07, 6.45) is 1.07. The summed E-state index contributed by atoms with van der Waals surface area (Å²) >= 11 is 5.94. The average molecular weight is 288 g/mol. The van der Waals surface area contributed by atoms with Crippen molar-refractivity contribution in [1.29, 1.82) is 0 Å². The molecule has 2 rings (SSSR count). The average Bonchev–Trinajstić information content (AvgIpc) is 2.46. The van der Waals surface area contributed by atoms with Gasteiger partial charge in [-0.25, -0.2) is 0 Å². The molecule has 0 spiro atoms. The van der Waals surface area contributed by atoms with Gasteiger partial charge in [0.2, 0.25) is 0 Å². The van der Waals surface area contributed by atoms with Crippen LogP contribution in [0.25, 0.3) is 0 Å². The number of aryl methyl sites for hydroxylation is 1.